The average molecular weight is 259 g/mol. The molecule has 0 saturated carbocycles. The van der Waals surface area contributed by atoms with E-state index in [4.69, 9.17) is 0 Å². The maximum atomic E-state index is 12.3. The molecule has 0 atom stereocenters. The summed E-state index contributed by atoms with van der Waals surface area (Å²) in [6, 6.07) is 6.15. The summed E-state index contributed by atoms with van der Waals surface area (Å²) in [5.41, 5.74) is 0.666. The number of rotatable bonds is 2. The summed E-state index contributed by atoms with van der Waals surface area (Å²) in [4.78, 5) is 0. The highest BCUT2D eigenvalue weighted by Gasteiger charge is 2.05. The van der Waals surface area contributed by atoms with Gasteiger partial charge in [0, 0.05) is 22.9 Å². The van der Waals surface area contributed by atoms with E-state index in [0.29, 0.717) is 5.56 Å². The van der Waals surface area contributed by atoms with Crippen molar-refractivity contribution < 1.29 is 8.78 Å². The Morgan fingerprint density at radius 2 is 2.14 bits per heavy atom. The normalized spacial score (nSPS) is 9.71. The van der Waals surface area contributed by atoms with Crippen molar-refractivity contribution in [2.24, 2.45) is 0 Å². The lowest BCUT2D eigenvalue weighted by Gasteiger charge is -1.98. The number of hydrogen-bond acceptors (Lipinski definition) is 0. The molecule has 0 aliphatic heterocycles. The molecule has 1 aromatic carbocycles. The van der Waals surface area contributed by atoms with Crippen molar-refractivity contribution in [3.63, 3.8) is 0 Å². The zero-order valence-electron chi connectivity index (χ0n) is 7.43. The van der Waals surface area contributed by atoms with Gasteiger partial charge in [0.05, 0.1) is 0 Å². The molecule has 0 heterocycles. The van der Waals surface area contributed by atoms with Crippen LogP contribution in [0.1, 0.15) is 24.0 Å². The Kier molecular flexibility index (Phi) is 4.61. The van der Waals surface area contributed by atoms with Crippen LogP contribution in [0, 0.1) is 11.8 Å². The van der Waals surface area contributed by atoms with Gasteiger partial charge >= 0.3 is 0 Å². The van der Waals surface area contributed by atoms with Crippen LogP contribution in [0.4, 0.5) is 8.78 Å². The van der Waals surface area contributed by atoms with Gasteiger partial charge in [-0.2, -0.15) is 0 Å². The summed E-state index contributed by atoms with van der Waals surface area (Å²) >= 11 is 3.24. The molecule has 0 aliphatic rings. The van der Waals surface area contributed by atoms with Gasteiger partial charge in [-0.1, -0.05) is 39.9 Å². The van der Waals surface area contributed by atoms with Crippen molar-refractivity contribution in [2.75, 3.05) is 5.33 Å². The lowest BCUT2D eigenvalue weighted by atomic mass is 10.1. The second-order valence-electron chi connectivity index (χ2n) is 2.67. The highest BCUT2D eigenvalue weighted by molar-refractivity contribution is 9.09. The molecular formula is C11H9BrF2. The monoisotopic (exact) mass is 258 g/mol. The van der Waals surface area contributed by atoms with Gasteiger partial charge in [0.1, 0.15) is 0 Å². The average Bonchev–Trinajstić information content (AvgIpc) is 2.19. The third-order valence-electron chi connectivity index (χ3n) is 1.59. The molecule has 0 amide bonds. The standard InChI is InChI=1S/C11H9BrF2/c12-7-2-1-4-9-5-3-6-10(8-9)11(13)14/h3,5-6,8,11H,2,7H2. The largest absolute Gasteiger partial charge is 0.263 e. The van der Waals surface area contributed by atoms with Crippen molar-refractivity contribution in [3.8, 4) is 11.8 Å². The third-order valence-corrected chi connectivity index (χ3v) is 1.99. The van der Waals surface area contributed by atoms with Gasteiger partial charge in [0.2, 0.25) is 0 Å². The molecule has 0 N–H and O–H groups in total. The lowest BCUT2D eigenvalue weighted by molar-refractivity contribution is 0.151. The highest BCUT2D eigenvalue weighted by Crippen LogP contribution is 2.18. The molecule has 3 heteroatoms. The Hall–Kier alpha value is -0.880. The topological polar surface area (TPSA) is 0 Å². The number of hydrogen-bond donors (Lipinski definition) is 0. The molecule has 14 heavy (non-hydrogen) atoms. The van der Waals surface area contributed by atoms with Crippen LogP contribution in [0.15, 0.2) is 24.3 Å². The molecule has 0 aromatic heterocycles. The van der Waals surface area contributed by atoms with Crippen LogP contribution in [-0.2, 0) is 0 Å². The molecule has 0 spiro atoms. The molecule has 0 saturated heterocycles. The quantitative estimate of drug-likeness (QED) is 0.560. The van der Waals surface area contributed by atoms with Crippen LogP contribution < -0.4 is 0 Å². The first-order valence-electron chi connectivity index (χ1n) is 4.17. The van der Waals surface area contributed by atoms with E-state index < -0.39 is 6.43 Å². The Bertz CT molecular complexity index is 350. The summed E-state index contributed by atoms with van der Waals surface area (Å²) in [7, 11) is 0. The maximum Gasteiger partial charge on any atom is 0.263 e. The molecule has 0 bridgehead atoms. The Balaban J connectivity index is 2.80. The van der Waals surface area contributed by atoms with E-state index in [1.807, 2.05) is 0 Å². The van der Waals surface area contributed by atoms with E-state index in [0.717, 1.165) is 11.8 Å². The van der Waals surface area contributed by atoms with E-state index >= 15 is 0 Å². The first-order valence-corrected chi connectivity index (χ1v) is 5.29. The van der Waals surface area contributed by atoms with Gasteiger partial charge < -0.3 is 0 Å². The molecule has 0 fully saturated rings. The Labute approximate surface area is 90.5 Å². The minimum Gasteiger partial charge on any atom is -0.205 e. The highest BCUT2D eigenvalue weighted by atomic mass is 79.9. The van der Waals surface area contributed by atoms with Crippen LogP contribution in [0.5, 0.6) is 0 Å². The van der Waals surface area contributed by atoms with E-state index in [9.17, 15) is 8.78 Å². The van der Waals surface area contributed by atoms with Gasteiger partial charge in [-0.15, -0.1) is 0 Å². The smallest absolute Gasteiger partial charge is 0.205 e. The van der Waals surface area contributed by atoms with E-state index in [-0.39, 0.29) is 5.56 Å². The first kappa shape index (κ1) is 11.2. The first-order chi connectivity index (χ1) is 6.74. The summed E-state index contributed by atoms with van der Waals surface area (Å²) in [5, 5.41) is 0.800. The van der Waals surface area contributed by atoms with Crippen molar-refractivity contribution in [2.45, 2.75) is 12.8 Å². The van der Waals surface area contributed by atoms with Gasteiger partial charge in [-0.05, 0) is 12.1 Å². The van der Waals surface area contributed by atoms with Gasteiger partial charge in [-0.25, -0.2) is 8.78 Å². The molecule has 0 radical (unpaired) electrons. The van der Waals surface area contributed by atoms with Gasteiger partial charge in [0.15, 0.2) is 0 Å². The third kappa shape index (κ3) is 3.47. The zero-order chi connectivity index (χ0) is 10.4. The van der Waals surface area contributed by atoms with E-state index in [1.54, 1.807) is 12.1 Å². The summed E-state index contributed by atoms with van der Waals surface area (Å²) < 4.78 is 24.6. The van der Waals surface area contributed by atoms with E-state index in [2.05, 4.69) is 27.8 Å². The zero-order valence-corrected chi connectivity index (χ0v) is 9.02. The van der Waals surface area contributed by atoms with Crippen LogP contribution in [-0.4, -0.2) is 5.33 Å². The second-order valence-corrected chi connectivity index (χ2v) is 3.46. The Morgan fingerprint density at radius 3 is 2.79 bits per heavy atom. The Morgan fingerprint density at radius 1 is 1.36 bits per heavy atom. The summed E-state index contributed by atoms with van der Waals surface area (Å²) in [5.74, 6) is 5.70. The van der Waals surface area contributed by atoms with Crippen molar-refractivity contribution in [3.05, 3.63) is 35.4 Å². The van der Waals surface area contributed by atoms with Crippen LogP contribution in [0.25, 0.3) is 0 Å². The maximum absolute atomic E-state index is 12.3. The fourth-order valence-electron chi connectivity index (χ4n) is 0.964. The summed E-state index contributed by atoms with van der Waals surface area (Å²) in [6.45, 7) is 0. The number of alkyl halides is 3. The van der Waals surface area contributed by atoms with Crippen LogP contribution in [0.3, 0.4) is 0 Å². The van der Waals surface area contributed by atoms with Crippen molar-refractivity contribution in [1.29, 1.82) is 0 Å². The summed E-state index contributed by atoms with van der Waals surface area (Å²) in [6.07, 6.45) is -1.70. The van der Waals surface area contributed by atoms with Crippen LogP contribution in [0.2, 0.25) is 0 Å². The molecule has 0 nitrogen and oxygen atoms in total. The van der Waals surface area contributed by atoms with E-state index in [1.165, 1.54) is 12.1 Å². The van der Waals surface area contributed by atoms with Crippen LogP contribution >= 0.6 is 15.9 Å². The predicted molar refractivity (Wildman–Crippen MR) is 56.7 cm³/mol. The molecular weight excluding hydrogens is 250 g/mol. The number of halogens is 3. The molecule has 0 unspecified atom stereocenters. The molecule has 1 aromatic rings. The molecule has 0 aliphatic carbocycles. The van der Waals surface area contributed by atoms with Gasteiger partial charge in [-0.3, -0.25) is 0 Å². The predicted octanol–water partition coefficient (Wildman–Crippen LogP) is 3.76. The van der Waals surface area contributed by atoms with Gasteiger partial charge in [0.25, 0.3) is 6.43 Å². The second kappa shape index (κ2) is 5.77. The van der Waals surface area contributed by atoms with Crippen molar-refractivity contribution >= 4 is 15.9 Å². The van der Waals surface area contributed by atoms with Crippen molar-refractivity contribution in [1.82, 2.24) is 0 Å². The lowest BCUT2D eigenvalue weighted by Crippen LogP contribution is -1.84. The minimum absolute atomic E-state index is 0.0237. The molecule has 74 valence electrons. The fraction of sp³-hybridized carbons (Fsp3) is 0.273. The number of benzene rings is 1. The minimum atomic E-state index is -2.42. The SMILES string of the molecule is FC(F)c1cccc(C#CCCBr)c1. The molecule has 1 rings (SSSR count). The fourth-order valence-corrected chi connectivity index (χ4v) is 1.16.